The molecule has 0 saturated heterocycles. The fraction of sp³-hybridized carbons (Fsp3) is 0.222. The average Bonchev–Trinajstić information content (AvgIpc) is 2.30. The monoisotopic (exact) mass is 418 g/mol. The van der Waals surface area contributed by atoms with Crippen molar-refractivity contribution in [2.45, 2.75) is 11.0 Å². The Kier molecular flexibility index (Phi) is 5.40. The molecule has 0 bridgehead atoms. The van der Waals surface area contributed by atoms with Crippen molar-refractivity contribution in [2.24, 2.45) is 0 Å². The number of alkyl halides is 6. The lowest BCUT2D eigenvalue weighted by molar-refractivity contribution is -0.137. The van der Waals surface area contributed by atoms with E-state index in [1.54, 1.807) is 15.9 Å². The van der Waals surface area contributed by atoms with Gasteiger partial charge in [0.1, 0.15) is 5.69 Å². The van der Waals surface area contributed by atoms with Gasteiger partial charge in [0.15, 0.2) is 0 Å². The zero-order valence-electron chi connectivity index (χ0n) is 9.41. The number of benzene rings is 1. The van der Waals surface area contributed by atoms with E-state index in [-0.39, 0.29) is 0 Å². The number of hydrogen-bond donors (Lipinski definition) is 1. The van der Waals surface area contributed by atoms with Gasteiger partial charge in [-0.2, -0.15) is 22.0 Å². The largest absolute Gasteiger partial charge is 0.416 e. The van der Waals surface area contributed by atoms with E-state index in [1.807, 2.05) is 0 Å². The van der Waals surface area contributed by atoms with Gasteiger partial charge in [-0.25, -0.2) is 5.01 Å². The zero-order valence-corrected chi connectivity index (χ0v) is 12.5. The van der Waals surface area contributed by atoms with Gasteiger partial charge in [0.25, 0.3) is 0 Å². The van der Waals surface area contributed by atoms with Crippen LogP contribution < -0.4 is 10.7 Å². The van der Waals surface area contributed by atoms with Crippen LogP contribution in [0.4, 0.5) is 32.1 Å². The molecule has 0 heterocycles. The van der Waals surface area contributed by atoms with Gasteiger partial charge in [-0.3, -0.25) is 4.79 Å². The molecule has 0 fully saturated rings. The Balaban J connectivity index is 3.40. The number of amides is 1. The van der Waals surface area contributed by atoms with Crippen LogP contribution in [0.15, 0.2) is 12.1 Å². The lowest BCUT2D eigenvalue weighted by atomic mass is 10.2. The molecule has 0 unspecified atom stereocenters. The Labute approximate surface area is 131 Å². The molecule has 1 N–H and O–H groups in total. The third-order valence-electron chi connectivity index (χ3n) is 2.10. The molecule has 0 radical (unpaired) electrons. The van der Waals surface area contributed by atoms with Crippen LogP contribution in [0.2, 0.25) is 10.0 Å². The van der Waals surface area contributed by atoms with Gasteiger partial charge in [-0.1, -0.05) is 28.8 Å². The highest BCUT2D eigenvalue weighted by Crippen LogP contribution is 2.41. The second-order valence-corrected chi connectivity index (χ2v) is 5.32. The Morgan fingerprint density at radius 3 is 1.86 bits per heavy atom. The lowest BCUT2D eigenvalue weighted by Gasteiger charge is -2.23. The number of nitrogens with zero attached hydrogens (tertiary/aromatic N) is 1. The highest BCUT2D eigenvalue weighted by Gasteiger charge is 2.42. The maximum Gasteiger partial charge on any atom is 0.416 e. The Morgan fingerprint density at radius 1 is 1.14 bits per heavy atom. The van der Waals surface area contributed by atoms with E-state index in [0.29, 0.717) is 17.8 Å². The van der Waals surface area contributed by atoms with Crippen molar-refractivity contribution in [3.63, 3.8) is 0 Å². The molecule has 0 aliphatic heterocycles. The maximum atomic E-state index is 12.8. The van der Waals surface area contributed by atoms with Crippen LogP contribution in [0, 0.1) is 0 Å². The predicted molar refractivity (Wildman–Crippen MR) is 67.1 cm³/mol. The van der Waals surface area contributed by atoms with E-state index < -0.39 is 43.2 Å². The minimum Gasteiger partial charge on any atom is -0.265 e. The second kappa shape index (κ2) is 6.19. The number of nitrogens with one attached hydrogen (secondary N) is 1. The van der Waals surface area contributed by atoms with Crippen molar-refractivity contribution >= 4 is 50.7 Å². The Bertz CT molecular complexity index is 539. The molecule has 118 valence electrons. The average molecular weight is 420 g/mol. The van der Waals surface area contributed by atoms with Crippen molar-refractivity contribution in [1.82, 2.24) is 5.65 Å². The van der Waals surface area contributed by atoms with E-state index >= 15 is 0 Å². The molecule has 0 saturated carbocycles. The fourth-order valence-electron chi connectivity index (χ4n) is 1.25. The van der Waals surface area contributed by atoms with Crippen LogP contribution in [-0.2, 0) is 11.0 Å². The first kappa shape index (κ1) is 18.3. The quantitative estimate of drug-likeness (QED) is 0.332. The van der Waals surface area contributed by atoms with E-state index in [9.17, 15) is 31.2 Å². The third kappa shape index (κ3) is 4.15. The summed E-state index contributed by atoms with van der Waals surface area (Å²) >= 11 is 12.6. The van der Waals surface area contributed by atoms with Gasteiger partial charge in [0.2, 0.25) is 0 Å². The molecule has 0 atom stereocenters. The molecule has 21 heavy (non-hydrogen) atoms. The number of hydrazine groups is 1. The van der Waals surface area contributed by atoms with Crippen molar-refractivity contribution in [3.8, 4) is 0 Å². The Hall–Kier alpha value is -0.710. The molecular formula is C9H3BrCl2F6N2O. The van der Waals surface area contributed by atoms with Crippen LogP contribution in [0.3, 0.4) is 0 Å². The van der Waals surface area contributed by atoms with Gasteiger partial charge < -0.3 is 0 Å². The SMILES string of the molecule is O=C(N(NF)c1c(Cl)cc(C(F)(F)F)cc1Cl)C(F)(F)Br. The number of carbonyl (C=O) groups is 1. The zero-order chi connectivity index (χ0) is 16.6. The van der Waals surface area contributed by atoms with E-state index in [4.69, 9.17) is 23.2 Å². The van der Waals surface area contributed by atoms with Crippen LogP contribution in [0.25, 0.3) is 0 Å². The molecule has 0 aliphatic rings. The van der Waals surface area contributed by atoms with E-state index in [0.717, 1.165) is 0 Å². The van der Waals surface area contributed by atoms with Gasteiger partial charge in [0, 0.05) is 15.9 Å². The summed E-state index contributed by atoms with van der Waals surface area (Å²) < 4.78 is 75.7. The molecular weight excluding hydrogens is 417 g/mol. The first-order valence-electron chi connectivity index (χ1n) is 4.73. The summed E-state index contributed by atoms with van der Waals surface area (Å²) in [6.07, 6.45) is -4.82. The van der Waals surface area contributed by atoms with Gasteiger partial charge in [-0.05, 0) is 12.1 Å². The lowest BCUT2D eigenvalue weighted by Crippen LogP contribution is -2.46. The molecule has 0 aromatic heterocycles. The maximum absolute atomic E-state index is 12.8. The molecule has 1 amide bonds. The Morgan fingerprint density at radius 2 is 1.57 bits per heavy atom. The molecule has 12 heteroatoms. The number of rotatable bonds is 3. The highest BCUT2D eigenvalue weighted by atomic mass is 79.9. The second-order valence-electron chi connectivity index (χ2n) is 3.51. The third-order valence-corrected chi connectivity index (χ3v) is 3.01. The fourth-order valence-corrected chi connectivity index (χ4v) is 2.09. The number of hydrogen-bond acceptors (Lipinski definition) is 2. The number of anilines is 1. The van der Waals surface area contributed by atoms with Crippen LogP contribution >= 0.6 is 39.1 Å². The normalized spacial score (nSPS) is 12.4. The standard InChI is InChI=1S/C9H3BrCl2F6N2O/c10-8(13,14)7(21)20(19-18)6-4(11)1-3(2-5(6)12)9(15,16)17/h1-2,19H. The summed E-state index contributed by atoms with van der Waals surface area (Å²) in [5.74, 6) is -2.17. The highest BCUT2D eigenvalue weighted by molar-refractivity contribution is 9.10. The topological polar surface area (TPSA) is 32.3 Å². The molecule has 0 aliphatic carbocycles. The summed E-state index contributed by atoms with van der Waals surface area (Å²) in [6.45, 7) is 0. The first-order chi connectivity index (χ1) is 9.39. The molecule has 1 aromatic rings. The molecule has 0 spiro atoms. The van der Waals surface area contributed by atoms with Crippen molar-refractivity contribution in [3.05, 3.63) is 27.7 Å². The number of halogens is 9. The van der Waals surface area contributed by atoms with E-state index in [2.05, 4.69) is 0 Å². The summed E-state index contributed by atoms with van der Waals surface area (Å²) in [7, 11) is 0. The summed E-state index contributed by atoms with van der Waals surface area (Å²) in [4.78, 5) is 7.08. The molecule has 1 rings (SSSR count). The van der Waals surface area contributed by atoms with E-state index in [1.165, 1.54) is 0 Å². The minimum absolute atomic E-state index is 0.312. The van der Waals surface area contributed by atoms with Gasteiger partial charge in [0.05, 0.1) is 15.6 Å². The van der Waals surface area contributed by atoms with Crippen LogP contribution in [0.1, 0.15) is 5.56 Å². The van der Waals surface area contributed by atoms with Gasteiger partial charge >= 0.3 is 16.9 Å². The molecule has 3 nitrogen and oxygen atoms in total. The van der Waals surface area contributed by atoms with Gasteiger partial charge in [-0.15, -0.1) is 4.48 Å². The smallest absolute Gasteiger partial charge is 0.265 e. The number of carbonyl (C=O) groups excluding carboxylic acids is 1. The summed E-state index contributed by atoms with van der Waals surface area (Å²) in [6, 6.07) is 0.625. The summed E-state index contributed by atoms with van der Waals surface area (Å²) in [5.41, 5.74) is -1.60. The molecule has 1 aromatic carbocycles. The van der Waals surface area contributed by atoms with Crippen LogP contribution in [0.5, 0.6) is 0 Å². The summed E-state index contributed by atoms with van der Waals surface area (Å²) in [5, 5.41) is -2.13. The minimum atomic E-state index is -4.82. The van der Waals surface area contributed by atoms with Crippen molar-refractivity contribution in [1.29, 1.82) is 0 Å². The van der Waals surface area contributed by atoms with Crippen molar-refractivity contribution < 1.29 is 31.2 Å². The first-order valence-corrected chi connectivity index (χ1v) is 6.28. The predicted octanol–water partition coefficient (Wildman–Crippen LogP) is 4.72. The van der Waals surface area contributed by atoms with Crippen LogP contribution in [-0.4, -0.2) is 10.7 Å². The van der Waals surface area contributed by atoms with Crippen molar-refractivity contribution in [2.75, 3.05) is 5.01 Å².